The summed E-state index contributed by atoms with van der Waals surface area (Å²) < 4.78 is 0. The molecule has 2 aromatic rings. The first kappa shape index (κ1) is 13.4. The predicted molar refractivity (Wildman–Crippen MR) is 83.0 cm³/mol. The lowest BCUT2D eigenvalue weighted by Crippen LogP contribution is -2.13. The van der Waals surface area contributed by atoms with E-state index >= 15 is 0 Å². The second-order valence-electron chi connectivity index (χ2n) is 5.03. The Morgan fingerprint density at radius 3 is 2.71 bits per heavy atom. The van der Waals surface area contributed by atoms with E-state index in [0.717, 1.165) is 23.2 Å². The summed E-state index contributed by atoms with van der Waals surface area (Å²) in [5.41, 5.74) is 2.97. The molecule has 21 heavy (non-hydrogen) atoms. The summed E-state index contributed by atoms with van der Waals surface area (Å²) in [7, 11) is 0. The van der Waals surface area contributed by atoms with E-state index in [2.05, 4.69) is 10.3 Å². The highest BCUT2D eigenvalue weighted by Gasteiger charge is 2.28. The van der Waals surface area contributed by atoms with Gasteiger partial charge in [-0.1, -0.05) is 30.3 Å². The predicted octanol–water partition coefficient (Wildman–Crippen LogP) is 2.74. The molecule has 4 nitrogen and oxygen atoms in total. The maximum Gasteiger partial charge on any atom is 0.237 e. The van der Waals surface area contributed by atoms with Crippen molar-refractivity contribution in [3.8, 4) is 5.75 Å². The number of carbonyl (C=O) groups excluding carboxylic acids is 1. The quantitative estimate of drug-likeness (QED) is 0.846. The Balaban J connectivity index is 1.62. The topological polar surface area (TPSA) is 61.7 Å². The molecule has 0 saturated heterocycles. The van der Waals surface area contributed by atoms with Gasteiger partial charge in [0.2, 0.25) is 5.91 Å². The van der Waals surface area contributed by atoms with Crippen molar-refractivity contribution in [2.24, 2.45) is 4.99 Å². The number of hydrogen-bond donors (Lipinski definition) is 2. The van der Waals surface area contributed by atoms with Crippen LogP contribution in [0.15, 0.2) is 53.5 Å². The lowest BCUT2D eigenvalue weighted by molar-refractivity contribution is -0.115. The fraction of sp³-hybridized carbons (Fsp3) is 0.176. The zero-order valence-electron chi connectivity index (χ0n) is 11.5. The number of aliphatic imine (C=N–C) groups is 1. The van der Waals surface area contributed by atoms with Crippen LogP contribution in [0.3, 0.4) is 0 Å². The fourth-order valence-corrected chi connectivity index (χ4v) is 2.42. The van der Waals surface area contributed by atoms with Gasteiger partial charge in [0.1, 0.15) is 11.7 Å². The molecule has 0 radical (unpaired) electrons. The molecule has 0 unspecified atom stereocenters. The largest absolute Gasteiger partial charge is 0.508 e. The summed E-state index contributed by atoms with van der Waals surface area (Å²) in [6, 6.07) is 14.8. The van der Waals surface area contributed by atoms with Crippen LogP contribution in [0.1, 0.15) is 17.0 Å². The Morgan fingerprint density at radius 2 is 1.90 bits per heavy atom. The number of nitrogens with zero attached hydrogens (tertiary/aromatic N) is 1. The minimum absolute atomic E-state index is 0.0235. The molecule has 106 valence electrons. The van der Waals surface area contributed by atoms with Gasteiger partial charge in [-0.15, -0.1) is 0 Å². The summed E-state index contributed by atoms with van der Waals surface area (Å²) in [6.07, 6.45) is 2.51. The van der Waals surface area contributed by atoms with Crippen molar-refractivity contribution in [3.05, 3.63) is 59.7 Å². The first-order chi connectivity index (χ1) is 10.2. The van der Waals surface area contributed by atoms with E-state index in [1.54, 1.807) is 18.3 Å². The molecule has 1 atom stereocenters. The molecule has 0 spiro atoms. The molecule has 0 fully saturated rings. The fourth-order valence-electron chi connectivity index (χ4n) is 2.42. The third-order valence-electron chi connectivity index (χ3n) is 3.56. The van der Waals surface area contributed by atoms with Crippen molar-refractivity contribution in [1.82, 2.24) is 0 Å². The van der Waals surface area contributed by atoms with Gasteiger partial charge in [-0.25, -0.2) is 0 Å². The van der Waals surface area contributed by atoms with Crippen LogP contribution >= 0.6 is 0 Å². The zero-order chi connectivity index (χ0) is 14.7. The van der Waals surface area contributed by atoms with Crippen LogP contribution in [0, 0.1) is 0 Å². The number of rotatable bonds is 4. The van der Waals surface area contributed by atoms with Gasteiger partial charge >= 0.3 is 0 Å². The third kappa shape index (κ3) is 2.94. The highest BCUT2D eigenvalue weighted by Crippen LogP contribution is 2.30. The second kappa shape index (κ2) is 5.79. The van der Waals surface area contributed by atoms with Crippen LogP contribution in [0.4, 0.5) is 5.69 Å². The summed E-state index contributed by atoms with van der Waals surface area (Å²) in [5, 5.41) is 12.1. The van der Waals surface area contributed by atoms with Crippen molar-refractivity contribution in [2.45, 2.75) is 12.3 Å². The second-order valence-corrected chi connectivity index (χ2v) is 5.03. The van der Waals surface area contributed by atoms with E-state index in [1.807, 2.05) is 36.4 Å². The third-order valence-corrected chi connectivity index (χ3v) is 3.56. The first-order valence-corrected chi connectivity index (χ1v) is 6.92. The Labute approximate surface area is 123 Å². The number of anilines is 1. The molecule has 2 aromatic carbocycles. The van der Waals surface area contributed by atoms with Crippen LogP contribution in [0.2, 0.25) is 0 Å². The molecule has 0 aliphatic carbocycles. The number of aromatic hydroxyl groups is 1. The van der Waals surface area contributed by atoms with Crippen LogP contribution in [-0.4, -0.2) is 23.8 Å². The van der Waals surface area contributed by atoms with Crippen LogP contribution < -0.4 is 5.32 Å². The summed E-state index contributed by atoms with van der Waals surface area (Å²) in [5.74, 6) is -0.0490. The number of benzene rings is 2. The molecule has 0 aromatic heterocycles. The molecule has 0 saturated carbocycles. The average Bonchev–Trinajstić information content (AvgIpc) is 2.81. The number of phenols is 1. The molecule has 1 amide bonds. The van der Waals surface area contributed by atoms with Gasteiger partial charge in [0.05, 0.1) is 0 Å². The Kier molecular flexibility index (Phi) is 3.69. The molecule has 0 bridgehead atoms. The van der Waals surface area contributed by atoms with Gasteiger partial charge in [-0.05, 0) is 35.7 Å². The maximum absolute atomic E-state index is 11.9. The number of phenolic OH excluding ortho intramolecular Hbond substituents is 1. The molecule has 1 aliphatic heterocycles. The molecule has 4 heteroatoms. The highest BCUT2D eigenvalue weighted by atomic mass is 16.3. The molecule has 2 N–H and O–H groups in total. The molecule has 1 aliphatic rings. The molecule has 3 rings (SSSR count). The first-order valence-electron chi connectivity index (χ1n) is 6.92. The van der Waals surface area contributed by atoms with E-state index in [-0.39, 0.29) is 17.6 Å². The van der Waals surface area contributed by atoms with Gasteiger partial charge in [0, 0.05) is 18.4 Å². The smallest absolute Gasteiger partial charge is 0.237 e. The molecular formula is C17H16N2O2. The number of fused-ring (bicyclic) bond motifs is 1. The van der Waals surface area contributed by atoms with E-state index in [4.69, 9.17) is 0 Å². The number of amides is 1. The number of para-hydroxylation sites is 1. The van der Waals surface area contributed by atoms with Crippen molar-refractivity contribution >= 4 is 17.8 Å². The summed E-state index contributed by atoms with van der Waals surface area (Å²) >= 11 is 0. The zero-order valence-corrected chi connectivity index (χ0v) is 11.5. The van der Waals surface area contributed by atoms with Gasteiger partial charge in [0.15, 0.2) is 0 Å². The van der Waals surface area contributed by atoms with Crippen LogP contribution in [-0.2, 0) is 11.2 Å². The van der Waals surface area contributed by atoms with Crippen molar-refractivity contribution in [2.75, 3.05) is 11.9 Å². The van der Waals surface area contributed by atoms with Crippen LogP contribution in [0.5, 0.6) is 5.75 Å². The van der Waals surface area contributed by atoms with Gasteiger partial charge in [0.25, 0.3) is 0 Å². The van der Waals surface area contributed by atoms with Gasteiger partial charge < -0.3 is 10.4 Å². The number of nitrogens with one attached hydrogen (secondary N) is 1. The number of hydrogen-bond acceptors (Lipinski definition) is 3. The van der Waals surface area contributed by atoms with Gasteiger partial charge in [-0.2, -0.15) is 0 Å². The Hall–Kier alpha value is -2.62. The van der Waals surface area contributed by atoms with Gasteiger partial charge in [-0.3, -0.25) is 9.79 Å². The van der Waals surface area contributed by atoms with E-state index in [9.17, 15) is 9.90 Å². The SMILES string of the molecule is O=C1Nc2ccccc2[C@H]1C=NCCc1ccc(O)cc1. The Bertz CT molecular complexity index is 677. The molecule has 1 heterocycles. The van der Waals surface area contributed by atoms with E-state index < -0.39 is 0 Å². The van der Waals surface area contributed by atoms with E-state index in [1.165, 1.54) is 0 Å². The van der Waals surface area contributed by atoms with Crippen molar-refractivity contribution in [1.29, 1.82) is 0 Å². The molecular weight excluding hydrogens is 264 g/mol. The summed E-state index contributed by atoms with van der Waals surface area (Å²) in [4.78, 5) is 16.3. The summed E-state index contributed by atoms with van der Waals surface area (Å²) in [6.45, 7) is 0.622. The van der Waals surface area contributed by atoms with Crippen LogP contribution in [0.25, 0.3) is 0 Å². The number of carbonyl (C=O) groups is 1. The average molecular weight is 280 g/mol. The van der Waals surface area contributed by atoms with Crippen molar-refractivity contribution < 1.29 is 9.90 Å². The monoisotopic (exact) mass is 280 g/mol. The maximum atomic E-state index is 11.9. The standard InChI is InChI=1S/C17H16N2O2/c20-13-7-5-12(6-8-13)9-10-18-11-15-14-3-1-2-4-16(14)19-17(15)21/h1-8,11,15,20H,9-10H2,(H,19,21)/t15-/m1/s1. The lowest BCUT2D eigenvalue weighted by Gasteiger charge is -2.02. The normalized spacial score (nSPS) is 17.0. The van der Waals surface area contributed by atoms with Crippen molar-refractivity contribution in [3.63, 3.8) is 0 Å². The minimum Gasteiger partial charge on any atom is -0.508 e. The lowest BCUT2D eigenvalue weighted by atomic mass is 10.0. The minimum atomic E-state index is -0.291. The van der Waals surface area contributed by atoms with E-state index in [0.29, 0.717) is 6.54 Å². The Morgan fingerprint density at radius 1 is 1.14 bits per heavy atom. The highest BCUT2D eigenvalue weighted by molar-refractivity contribution is 6.12.